The molecule has 0 aliphatic carbocycles. The highest BCUT2D eigenvalue weighted by Crippen LogP contribution is 2.29. The van der Waals surface area contributed by atoms with E-state index in [9.17, 15) is 4.79 Å². The van der Waals surface area contributed by atoms with E-state index in [1.54, 1.807) is 14.2 Å². The molecule has 0 bridgehead atoms. The summed E-state index contributed by atoms with van der Waals surface area (Å²) in [6.45, 7) is 4.71. The molecule has 0 aliphatic rings. The number of benzene rings is 2. The Morgan fingerprint density at radius 1 is 1.04 bits per heavy atom. The van der Waals surface area contributed by atoms with Crippen molar-refractivity contribution in [2.45, 2.75) is 19.9 Å². The molecule has 0 saturated heterocycles. The van der Waals surface area contributed by atoms with Crippen molar-refractivity contribution in [2.75, 3.05) is 27.4 Å². The Labute approximate surface area is 166 Å². The van der Waals surface area contributed by atoms with Gasteiger partial charge < -0.3 is 24.8 Å². The van der Waals surface area contributed by atoms with Gasteiger partial charge in [0.1, 0.15) is 23.9 Å². The number of carbonyl (C=O) groups excluding carboxylic acids is 1. The first-order valence-electron chi connectivity index (χ1n) is 8.49. The van der Waals surface area contributed by atoms with E-state index >= 15 is 0 Å². The van der Waals surface area contributed by atoms with Crippen LogP contribution in [0.4, 0.5) is 4.79 Å². The molecule has 2 rings (SSSR count). The Balaban J connectivity index is 0.00000364. The van der Waals surface area contributed by atoms with Gasteiger partial charge in [-0.2, -0.15) is 0 Å². The first-order valence-corrected chi connectivity index (χ1v) is 8.49. The van der Waals surface area contributed by atoms with Crippen LogP contribution in [0.15, 0.2) is 42.5 Å². The molecule has 0 fully saturated rings. The van der Waals surface area contributed by atoms with Crippen LogP contribution >= 0.6 is 12.4 Å². The zero-order chi connectivity index (χ0) is 18.9. The quantitative estimate of drug-likeness (QED) is 0.667. The van der Waals surface area contributed by atoms with E-state index < -0.39 is 0 Å². The lowest BCUT2D eigenvalue weighted by molar-refractivity contribution is 0.233. The minimum Gasteiger partial charge on any atom is -0.497 e. The zero-order valence-electron chi connectivity index (χ0n) is 16.1. The number of halogens is 1. The fraction of sp³-hybridized carbons (Fsp3) is 0.350. The standard InChI is InChI=1S/C20H26N2O4.ClH/c1-14-5-7-16(8-6-14)26-12-11-21-20(23)22-15(2)18-13-17(24-3)9-10-19(18)25-4;/h5-10,13,15H,11-12H2,1-4H3,(H2,21,22,23);1H. The van der Waals surface area contributed by atoms with Crippen molar-refractivity contribution in [2.24, 2.45) is 0 Å². The van der Waals surface area contributed by atoms with Gasteiger partial charge in [-0.05, 0) is 44.2 Å². The van der Waals surface area contributed by atoms with Crippen LogP contribution in [0.1, 0.15) is 24.1 Å². The van der Waals surface area contributed by atoms with Crippen LogP contribution in [0.5, 0.6) is 17.2 Å². The molecule has 2 N–H and O–H groups in total. The van der Waals surface area contributed by atoms with Crippen molar-refractivity contribution in [3.63, 3.8) is 0 Å². The summed E-state index contributed by atoms with van der Waals surface area (Å²) in [5, 5.41) is 5.67. The van der Waals surface area contributed by atoms with Crippen molar-refractivity contribution >= 4 is 18.4 Å². The molecule has 2 aromatic rings. The summed E-state index contributed by atoms with van der Waals surface area (Å²) in [6, 6.07) is 12.8. The second kappa shape index (κ2) is 11.2. The van der Waals surface area contributed by atoms with Crippen LogP contribution in [-0.4, -0.2) is 33.4 Å². The van der Waals surface area contributed by atoms with Crippen LogP contribution in [0.2, 0.25) is 0 Å². The number of hydrogen-bond acceptors (Lipinski definition) is 4. The minimum absolute atomic E-state index is 0. The van der Waals surface area contributed by atoms with Crippen LogP contribution in [0, 0.1) is 6.92 Å². The smallest absolute Gasteiger partial charge is 0.315 e. The summed E-state index contributed by atoms with van der Waals surface area (Å²) in [6.07, 6.45) is 0. The van der Waals surface area contributed by atoms with Gasteiger partial charge in [0, 0.05) is 5.56 Å². The Bertz CT molecular complexity index is 722. The molecular formula is C20H27ClN2O4. The highest BCUT2D eigenvalue weighted by Gasteiger charge is 2.15. The third-order valence-corrected chi connectivity index (χ3v) is 3.93. The lowest BCUT2D eigenvalue weighted by Gasteiger charge is -2.18. The molecule has 6 nitrogen and oxygen atoms in total. The number of methoxy groups -OCH3 is 2. The molecule has 7 heteroatoms. The summed E-state index contributed by atoms with van der Waals surface area (Å²) in [7, 11) is 3.20. The zero-order valence-corrected chi connectivity index (χ0v) is 16.9. The van der Waals surface area contributed by atoms with Gasteiger partial charge in [-0.15, -0.1) is 12.4 Å². The fourth-order valence-corrected chi connectivity index (χ4v) is 2.47. The highest BCUT2D eigenvalue weighted by atomic mass is 35.5. The number of amides is 2. The molecule has 1 atom stereocenters. The second-order valence-corrected chi connectivity index (χ2v) is 5.89. The van der Waals surface area contributed by atoms with Gasteiger partial charge in [0.25, 0.3) is 0 Å². The predicted molar refractivity (Wildman–Crippen MR) is 108 cm³/mol. The average Bonchev–Trinajstić information content (AvgIpc) is 2.66. The Morgan fingerprint density at radius 2 is 1.70 bits per heavy atom. The lowest BCUT2D eigenvalue weighted by Crippen LogP contribution is -2.39. The number of carbonyl (C=O) groups is 1. The van der Waals surface area contributed by atoms with Gasteiger partial charge >= 0.3 is 6.03 Å². The predicted octanol–water partition coefficient (Wildman–Crippen LogP) is 3.87. The molecule has 0 aliphatic heterocycles. The van der Waals surface area contributed by atoms with E-state index in [1.807, 2.05) is 56.3 Å². The summed E-state index contributed by atoms with van der Waals surface area (Å²) >= 11 is 0. The summed E-state index contributed by atoms with van der Waals surface area (Å²) < 4.78 is 16.2. The number of nitrogens with one attached hydrogen (secondary N) is 2. The van der Waals surface area contributed by atoms with Gasteiger partial charge in [-0.1, -0.05) is 17.7 Å². The fourth-order valence-electron chi connectivity index (χ4n) is 2.47. The minimum atomic E-state index is -0.269. The van der Waals surface area contributed by atoms with E-state index in [1.165, 1.54) is 5.56 Å². The number of urea groups is 1. The van der Waals surface area contributed by atoms with E-state index in [2.05, 4.69) is 10.6 Å². The van der Waals surface area contributed by atoms with E-state index in [4.69, 9.17) is 14.2 Å². The summed E-state index contributed by atoms with van der Waals surface area (Å²) in [5.41, 5.74) is 2.02. The van der Waals surface area contributed by atoms with Crippen LogP contribution in [0.25, 0.3) is 0 Å². The van der Waals surface area contributed by atoms with Crippen molar-refractivity contribution in [3.8, 4) is 17.2 Å². The Morgan fingerprint density at radius 3 is 2.33 bits per heavy atom. The van der Waals surface area contributed by atoms with E-state index in [0.29, 0.717) is 24.7 Å². The van der Waals surface area contributed by atoms with Crippen molar-refractivity contribution in [1.82, 2.24) is 10.6 Å². The molecule has 0 aromatic heterocycles. The van der Waals surface area contributed by atoms with Gasteiger partial charge in [-0.25, -0.2) is 4.79 Å². The first kappa shape index (κ1) is 22.4. The second-order valence-electron chi connectivity index (χ2n) is 5.89. The number of rotatable bonds is 8. The van der Waals surface area contributed by atoms with Gasteiger partial charge in [-0.3, -0.25) is 0 Å². The molecule has 27 heavy (non-hydrogen) atoms. The molecule has 2 amide bonds. The largest absolute Gasteiger partial charge is 0.497 e. The summed E-state index contributed by atoms with van der Waals surface area (Å²) in [4.78, 5) is 12.1. The molecule has 0 saturated carbocycles. The van der Waals surface area contributed by atoms with Gasteiger partial charge in [0.15, 0.2) is 0 Å². The maximum absolute atomic E-state index is 12.1. The third kappa shape index (κ3) is 6.90. The van der Waals surface area contributed by atoms with Crippen molar-refractivity contribution < 1.29 is 19.0 Å². The Kier molecular flexibility index (Phi) is 9.30. The van der Waals surface area contributed by atoms with Crippen LogP contribution < -0.4 is 24.8 Å². The molecule has 1 unspecified atom stereocenters. The number of aryl methyl sites for hydroxylation is 1. The van der Waals surface area contributed by atoms with E-state index in [-0.39, 0.29) is 24.5 Å². The topological polar surface area (TPSA) is 68.8 Å². The average molecular weight is 395 g/mol. The molecular weight excluding hydrogens is 368 g/mol. The molecule has 0 heterocycles. The van der Waals surface area contributed by atoms with Crippen molar-refractivity contribution in [1.29, 1.82) is 0 Å². The molecule has 2 aromatic carbocycles. The number of hydrogen-bond donors (Lipinski definition) is 2. The maximum atomic E-state index is 12.1. The van der Waals surface area contributed by atoms with Crippen LogP contribution in [-0.2, 0) is 0 Å². The SMILES string of the molecule is COc1ccc(OC)c(C(C)NC(=O)NCCOc2ccc(C)cc2)c1.Cl. The molecule has 0 spiro atoms. The molecule has 148 valence electrons. The van der Waals surface area contributed by atoms with Crippen LogP contribution in [0.3, 0.4) is 0 Å². The third-order valence-electron chi connectivity index (χ3n) is 3.93. The Hall–Kier alpha value is -2.60. The lowest BCUT2D eigenvalue weighted by atomic mass is 10.1. The summed E-state index contributed by atoms with van der Waals surface area (Å²) in [5.74, 6) is 2.19. The van der Waals surface area contributed by atoms with Crippen molar-refractivity contribution in [3.05, 3.63) is 53.6 Å². The normalized spacial score (nSPS) is 11.0. The highest BCUT2D eigenvalue weighted by molar-refractivity contribution is 5.85. The monoisotopic (exact) mass is 394 g/mol. The maximum Gasteiger partial charge on any atom is 0.315 e. The van der Waals surface area contributed by atoms with Gasteiger partial charge in [0.05, 0.1) is 26.8 Å². The first-order chi connectivity index (χ1) is 12.5. The van der Waals surface area contributed by atoms with E-state index in [0.717, 1.165) is 11.3 Å². The molecule has 0 radical (unpaired) electrons. The van der Waals surface area contributed by atoms with Gasteiger partial charge in [0.2, 0.25) is 0 Å². The number of ether oxygens (including phenoxy) is 3.